The molecular formula is C26H20ClFN4O2. The number of urea groups is 1. The lowest BCUT2D eigenvalue weighted by Gasteiger charge is -2.35. The van der Waals surface area contributed by atoms with E-state index in [4.69, 9.17) is 16.1 Å². The van der Waals surface area contributed by atoms with Crippen LogP contribution >= 0.6 is 11.6 Å². The van der Waals surface area contributed by atoms with Crippen molar-refractivity contribution in [3.05, 3.63) is 106 Å². The number of aromatic nitrogens is 2. The summed E-state index contributed by atoms with van der Waals surface area (Å²) in [7, 11) is 0. The molecule has 6 nitrogen and oxygen atoms in total. The molecule has 0 aliphatic carbocycles. The van der Waals surface area contributed by atoms with Crippen molar-refractivity contribution in [1.29, 1.82) is 0 Å². The fourth-order valence-electron chi connectivity index (χ4n) is 4.09. The number of aryl methyl sites for hydroxylation is 1. The monoisotopic (exact) mass is 474 g/mol. The number of amides is 2. The molecule has 1 aromatic heterocycles. The molecule has 0 fully saturated rings. The van der Waals surface area contributed by atoms with E-state index < -0.39 is 6.04 Å². The summed E-state index contributed by atoms with van der Waals surface area (Å²) in [6, 6.07) is 19.8. The topological polar surface area (TPSA) is 71.3 Å². The maximum Gasteiger partial charge on any atom is 0.326 e. The van der Waals surface area contributed by atoms with E-state index in [-0.39, 0.29) is 17.7 Å². The van der Waals surface area contributed by atoms with Gasteiger partial charge in [0.1, 0.15) is 5.82 Å². The van der Waals surface area contributed by atoms with Crippen molar-refractivity contribution in [3.63, 3.8) is 0 Å². The van der Waals surface area contributed by atoms with Crippen LogP contribution in [0.25, 0.3) is 17.0 Å². The number of nitrogens with one attached hydrogen (secondary N) is 1. The van der Waals surface area contributed by atoms with Crippen molar-refractivity contribution in [2.24, 2.45) is 0 Å². The Bertz CT molecular complexity index is 1410. The van der Waals surface area contributed by atoms with E-state index >= 15 is 0 Å². The zero-order valence-corrected chi connectivity index (χ0v) is 19.2. The average molecular weight is 475 g/mol. The number of allylic oxidation sites excluding steroid dienone is 1. The number of hydrogen-bond donors (Lipinski definition) is 1. The highest BCUT2D eigenvalue weighted by Crippen LogP contribution is 2.39. The summed E-state index contributed by atoms with van der Waals surface area (Å²) in [4.78, 5) is 19.3. The molecule has 0 saturated carbocycles. The van der Waals surface area contributed by atoms with Crippen molar-refractivity contribution < 1.29 is 13.7 Å². The van der Waals surface area contributed by atoms with Crippen molar-refractivity contribution >= 4 is 28.9 Å². The molecule has 1 aliphatic heterocycles. The predicted molar refractivity (Wildman–Crippen MR) is 129 cm³/mol. The number of benzene rings is 3. The number of nitrogens with zero attached hydrogens (tertiary/aromatic N) is 3. The summed E-state index contributed by atoms with van der Waals surface area (Å²) in [5.74, 6) is 0.319. The number of anilines is 1. The first-order valence-electron chi connectivity index (χ1n) is 10.6. The second-order valence-corrected chi connectivity index (χ2v) is 8.48. The Morgan fingerprint density at radius 3 is 2.53 bits per heavy atom. The van der Waals surface area contributed by atoms with Gasteiger partial charge >= 0.3 is 6.03 Å². The molecule has 0 saturated heterocycles. The Kier molecular flexibility index (Phi) is 5.63. The molecule has 2 heterocycles. The summed E-state index contributed by atoms with van der Waals surface area (Å²) in [6.07, 6.45) is 0. The molecule has 3 aromatic carbocycles. The largest absolute Gasteiger partial charge is 0.334 e. The van der Waals surface area contributed by atoms with Crippen molar-refractivity contribution in [1.82, 2.24) is 15.5 Å². The highest BCUT2D eigenvalue weighted by Gasteiger charge is 2.36. The van der Waals surface area contributed by atoms with Gasteiger partial charge in [0.05, 0.1) is 17.3 Å². The quantitative estimate of drug-likeness (QED) is 0.364. The van der Waals surface area contributed by atoms with Crippen LogP contribution in [0, 0.1) is 12.7 Å². The van der Waals surface area contributed by atoms with Crippen LogP contribution in [0.4, 0.5) is 14.9 Å². The van der Waals surface area contributed by atoms with Gasteiger partial charge in [0.15, 0.2) is 0 Å². The number of hydrogen-bond acceptors (Lipinski definition) is 4. The molecule has 0 bridgehead atoms. The lowest BCUT2D eigenvalue weighted by molar-refractivity contribution is 0.244. The number of rotatable bonds is 4. The molecule has 170 valence electrons. The fourth-order valence-corrected chi connectivity index (χ4v) is 4.29. The van der Waals surface area contributed by atoms with Gasteiger partial charge in [0.25, 0.3) is 5.89 Å². The van der Waals surface area contributed by atoms with E-state index in [9.17, 15) is 9.18 Å². The minimum Gasteiger partial charge on any atom is -0.334 e. The molecular weight excluding hydrogens is 455 g/mol. The SMILES string of the molecule is CC1=C(c2nc(-c3cccc(C)c3)no2)C(c2cccc(Cl)c2)NC(=O)N1c1ccc(F)cc1. The van der Waals surface area contributed by atoms with Gasteiger partial charge in [-0.2, -0.15) is 4.98 Å². The highest BCUT2D eigenvalue weighted by atomic mass is 35.5. The van der Waals surface area contributed by atoms with Crippen LogP contribution < -0.4 is 10.2 Å². The van der Waals surface area contributed by atoms with Crippen molar-refractivity contribution in [2.45, 2.75) is 19.9 Å². The molecule has 5 rings (SSSR count). The molecule has 0 radical (unpaired) electrons. The zero-order chi connectivity index (χ0) is 23.8. The van der Waals surface area contributed by atoms with Crippen LogP contribution in [0.3, 0.4) is 0 Å². The molecule has 2 amide bonds. The second kappa shape index (κ2) is 8.76. The summed E-state index contributed by atoms with van der Waals surface area (Å²) >= 11 is 6.24. The smallest absolute Gasteiger partial charge is 0.326 e. The van der Waals surface area contributed by atoms with Gasteiger partial charge in [-0.15, -0.1) is 0 Å². The van der Waals surface area contributed by atoms with Gasteiger partial charge in [0.2, 0.25) is 5.82 Å². The van der Waals surface area contributed by atoms with Gasteiger partial charge in [-0.1, -0.05) is 52.7 Å². The van der Waals surface area contributed by atoms with E-state index in [1.807, 2.05) is 43.3 Å². The third-order valence-electron chi connectivity index (χ3n) is 5.68. The third kappa shape index (κ3) is 4.06. The molecule has 1 unspecified atom stereocenters. The molecule has 8 heteroatoms. The normalized spacial score (nSPS) is 16.1. The van der Waals surface area contributed by atoms with Crippen LogP contribution in [0.15, 0.2) is 83.0 Å². The van der Waals surface area contributed by atoms with E-state index in [2.05, 4.69) is 15.5 Å². The minimum atomic E-state index is -0.575. The fraction of sp³-hybridized carbons (Fsp3) is 0.115. The number of halogens is 2. The van der Waals surface area contributed by atoms with Crippen molar-refractivity contribution in [3.8, 4) is 11.4 Å². The van der Waals surface area contributed by atoms with Gasteiger partial charge < -0.3 is 9.84 Å². The van der Waals surface area contributed by atoms with Crippen LogP contribution in [0.1, 0.15) is 30.0 Å². The molecule has 1 N–H and O–H groups in total. The van der Waals surface area contributed by atoms with Crippen LogP contribution in [0.5, 0.6) is 0 Å². The Hall–Kier alpha value is -3.97. The van der Waals surface area contributed by atoms with Gasteiger partial charge in [-0.25, -0.2) is 9.18 Å². The number of carbonyl (C=O) groups is 1. The minimum absolute atomic E-state index is 0.270. The molecule has 1 atom stereocenters. The number of carbonyl (C=O) groups excluding carboxylic acids is 1. The van der Waals surface area contributed by atoms with Gasteiger partial charge in [0, 0.05) is 16.3 Å². The summed E-state index contributed by atoms with van der Waals surface area (Å²) in [5, 5.41) is 7.73. The average Bonchev–Trinajstić information content (AvgIpc) is 3.30. The van der Waals surface area contributed by atoms with E-state index in [1.54, 1.807) is 31.2 Å². The lowest BCUT2D eigenvalue weighted by atomic mass is 9.94. The van der Waals surface area contributed by atoms with Crippen LogP contribution in [-0.2, 0) is 0 Å². The van der Waals surface area contributed by atoms with Gasteiger partial charge in [-0.3, -0.25) is 4.90 Å². The third-order valence-corrected chi connectivity index (χ3v) is 5.92. The van der Waals surface area contributed by atoms with E-state index in [1.165, 1.54) is 17.0 Å². The maximum absolute atomic E-state index is 13.5. The Morgan fingerprint density at radius 1 is 1.03 bits per heavy atom. The van der Waals surface area contributed by atoms with Gasteiger partial charge in [-0.05, 0) is 61.9 Å². The molecule has 4 aromatic rings. The zero-order valence-electron chi connectivity index (χ0n) is 18.4. The Balaban J connectivity index is 1.66. The second-order valence-electron chi connectivity index (χ2n) is 8.04. The van der Waals surface area contributed by atoms with Crippen LogP contribution in [-0.4, -0.2) is 16.2 Å². The summed E-state index contributed by atoms with van der Waals surface area (Å²) in [5.41, 5.74) is 4.38. The lowest BCUT2D eigenvalue weighted by Crippen LogP contribution is -2.46. The predicted octanol–water partition coefficient (Wildman–Crippen LogP) is 6.54. The first kappa shape index (κ1) is 21.9. The van der Waals surface area contributed by atoms with Crippen molar-refractivity contribution in [2.75, 3.05) is 4.90 Å². The van der Waals surface area contributed by atoms with Crippen LogP contribution in [0.2, 0.25) is 5.02 Å². The standard InChI is InChI=1S/C26H20ClFN4O2/c1-15-5-3-7-18(13-15)24-30-25(34-31-24)22-16(2)32(21-11-9-20(28)10-12-21)26(33)29-23(22)17-6-4-8-19(27)14-17/h3-14,23H,1-2H3,(H,29,33). The molecule has 1 aliphatic rings. The molecule has 34 heavy (non-hydrogen) atoms. The van der Waals surface area contributed by atoms with E-state index in [0.29, 0.717) is 27.8 Å². The maximum atomic E-state index is 13.5. The summed E-state index contributed by atoms with van der Waals surface area (Å²) < 4.78 is 19.2. The Morgan fingerprint density at radius 2 is 1.79 bits per heavy atom. The molecule has 0 spiro atoms. The Labute approximate surface area is 200 Å². The summed E-state index contributed by atoms with van der Waals surface area (Å²) in [6.45, 7) is 3.79. The van der Waals surface area contributed by atoms with E-state index in [0.717, 1.165) is 16.7 Å². The first-order valence-corrected chi connectivity index (χ1v) is 11.0. The highest BCUT2D eigenvalue weighted by molar-refractivity contribution is 6.30. The first-order chi connectivity index (χ1) is 16.4.